The first kappa shape index (κ1) is 29.6. The number of hydrogen-bond donors (Lipinski definition) is 1. The molecule has 2 saturated heterocycles. The fourth-order valence-corrected chi connectivity index (χ4v) is 5.87. The van der Waals surface area contributed by atoms with Crippen LogP contribution in [-0.4, -0.2) is 80.4 Å². The number of ether oxygens (including phenoxy) is 4. The van der Waals surface area contributed by atoms with Gasteiger partial charge in [-0.3, -0.25) is 10.2 Å². The van der Waals surface area contributed by atoms with Gasteiger partial charge in [-0.2, -0.15) is 0 Å². The van der Waals surface area contributed by atoms with Crippen molar-refractivity contribution in [3.05, 3.63) is 35.9 Å². The highest BCUT2D eigenvalue weighted by atomic mass is 28.3. The summed E-state index contributed by atoms with van der Waals surface area (Å²) >= 11 is 0. The Balaban J connectivity index is 2.02. The molecule has 2 aliphatic heterocycles. The summed E-state index contributed by atoms with van der Waals surface area (Å²) in [5.41, 5.74) is -1.82. The van der Waals surface area contributed by atoms with E-state index in [-0.39, 0.29) is 6.10 Å². The molecule has 2 heterocycles. The molecule has 0 bridgehead atoms. The lowest BCUT2D eigenvalue weighted by Gasteiger charge is -2.38. The van der Waals surface area contributed by atoms with Crippen LogP contribution in [-0.2, 0) is 30.2 Å². The van der Waals surface area contributed by atoms with Crippen LogP contribution in [0.15, 0.2) is 30.3 Å². The Morgan fingerprint density at radius 1 is 1.16 bits per heavy atom. The third-order valence-corrected chi connectivity index (χ3v) is 8.72. The number of benzene rings is 1. The maximum Gasteiger partial charge on any atom is 0.412 e. The molecule has 0 aromatic heterocycles. The largest absolute Gasteiger partial charge is 0.459 e. The van der Waals surface area contributed by atoms with E-state index in [1.54, 1.807) is 12.0 Å². The van der Waals surface area contributed by atoms with E-state index in [0.717, 1.165) is 11.6 Å². The van der Waals surface area contributed by atoms with Crippen LogP contribution in [0.25, 0.3) is 0 Å². The summed E-state index contributed by atoms with van der Waals surface area (Å²) in [4.78, 5) is 29.1. The van der Waals surface area contributed by atoms with Crippen LogP contribution in [0.5, 0.6) is 0 Å². The Labute approximate surface area is 223 Å². The number of nitrogens with zero attached hydrogens (tertiary/aromatic N) is 1. The molecule has 2 fully saturated rings. The predicted molar refractivity (Wildman–Crippen MR) is 146 cm³/mol. The highest BCUT2D eigenvalue weighted by Gasteiger charge is 2.63. The van der Waals surface area contributed by atoms with Gasteiger partial charge in [0.2, 0.25) is 0 Å². The molecule has 0 unspecified atom stereocenters. The molecule has 1 amide bonds. The molecule has 0 radical (unpaired) electrons. The van der Waals surface area contributed by atoms with Gasteiger partial charge in [0.05, 0.1) is 18.8 Å². The molecule has 37 heavy (non-hydrogen) atoms. The van der Waals surface area contributed by atoms with Gasteiger partial charge in [-0.1, -0.05) is 50.0 Å². The molecule has 1 N–H and O–H groups in total. The lowest BCUT2D eigenvalue weighted by Crippen LogP contribution is -2.63. The Bertz CT molecular complexity index is 942. The number of hydrogen-bond acceptors (Lipinski definition) is 7. The Hall–Kier alpha value is -1.94. The van der Waals surface area contributed by atoms with Crippen molar-refractivity contribution in [3.8, 4) is 0 Å². The van der Waals surface area contributed by atoms with E-state index in [4.69, 9.17) is 18.9 Å². The molecule has 4 atom stereocenters. The molecule has 9 heteroatoms. The average Bonchev–Trinajstić information content (AvgIpc) is 3.32. The normalized spacial score (nSPS) is 27.8. The fraction of sp³-hybridized carbons (Fsp3) is 0.714. The molecule has 0 aliphatic carbocycles. The van der Waals surface area contributed by atoms with Crippen molar-refractivity contribution in [2.75, 3.05) is 20.3 Å². The van der Waals surface area contributed by atoms with Gasteiger partial charge in [0, 0.05) is 28.1 Å². The van der Waals surface area contributed by atoms with E-state index in [0.29, 0.717) is 26.0 Å². The van der Waals surface area contributed by atoms with Crippen molar-refractivity contribution in [2.24, 2.45) is 0 Å². The van der Waals surface area contributed by atoms with E-state index in [9.17, 15) is 9.59 Å². The molecule has 2 aliphatic rings. The van der Waals surface area contributed by atoms with Gasteiger partial charge in [-0.15, -0.1) is 0 Å². The van der Waals surface area contributed by atoms with Crippen molar-refractivity contribution in [1.82, 2.24) is 10.2 Å². The number of esters is 1. The minimum absolute atomic E-state index is 0.186. The zero-order chi connectivity index (χ0) is 27.6. The van der Waals surface area contributed by atoms with Crippen LogP contribution in [0.1, 0.15) is 46.6 Å². The van der Waals surface area contributed by atoms with Crippen LogP contribution < -0.4 is 5.32 Å². The van der Waals surface area contributed by atoms with Gasteiger partial charge in [0.15, 0.2) is 0 Å². The maximum atomic E-state index is 13.8. The second-order valence-electron chi connectivity index (χ2n) is 13.0. The topological polar surface area (TPSA) is 86.3 Å². The first-order valence-corrected chi connectivity index (χ1v) is 17.0. The van der Waals surface area contributed by atoms with Crippen LogP contribution in [0.4, 0.5) is 4.79 Å². The van der Waals surface area contributed by atoms with Crippen molar-refractivity contribution in [1.29, 1.82) is 0 Å². The lowest BCUT2D eigenvalue weighted by atomic mass is 9.83. The number of carbonyl (C=O) groups is 2. The highest BCUT2D eigenvalue weighted by molar-refractivity contribution is 6.76. The summed E-state index contributed by atoms with van der Waals surface area (Å²) in [5.74, 6) is -0.396. The summed E-state index contributed by atoms with van der Waals surface area (Å²) in [7, 11) is 0.254. The Kier molecular flexibility index (Phi) is 8.84. The smallest absolute Gasteiger partial charge is 0.412 e. The van der Waals surface area contributed by atoms with Gasteiger partial charge in [0.25, 0.3) is 0 Å². The zero-order valence-corrected chi connectivity index (χ0v) is 25.1. The minimum atomic E-state index is -1.39. The van der Waals surface area contributed by atoms with Crippen molar-refractivity contribution < 1.29 is 28.5 Å². The quantitative estimate of drug-likeness (QED) is 0.385. The van der Waals surface area contributed by atoms with E-state index in [1.165, 1.54) is 0 Å². The van der Waals surface area contributed by atoms with Crippen LogP contribution in [0, 0.1) is 0 Å². The third kappa shape index (κ3) is 7.13. The summed E-state index contributed by atoms with van der Waals surface area (Å²) < 4.78 is 24.0. The Morgan fingerprint density at radius 3 is 2.35 bits per heavy atom. The molecule has 0 saturated carbocycles. The second kappa shape index (κ2) is 11.0. The summed E-state index contributed by atoms with van der Waals surface area (Å²) in [6.45, 7) is 16.9. The van der Waals surface area contributed by atoms with Gasteiger partial charge < -0.3 is 18.9 Å². The molecule has 0 spiro atoms. The molecule has 1 aromatic rings. The number of amides is 1. The van der Waals surface area contributed by atoms with Crippen molar-refractivity contribution in [2.45, 2.75) is 108 Å². The first-order chi connectivity index (χ1) is 17.1. The van der Waals surface area contributed by atoms with Crippen molar-refractivity contribution >= 4 is 20.1 Å². The molecule has 208 valence electrons. The fourth-order valence-electron chi connectivity index (χ4n) is 5.16. The van der Waals surface area contributed by atoms with E-state index in [2.05, 4.69) is 25.0 Å². The summed E-state index contributed by atoms with van der Waals surface area (Å²) in [6.07, 6.45) is -0.408. The number of nitrogens with one attached hydrogen (secondary N) is 1. The van der Waals surface area contributed by atoms with E-state index < -0.39 is 49.1 Å². The highest BCUT2D eigenvalue weighted by Crippen LogP contribution is 2.43. The van der Waals surface area contributed by atoms with Crippen molar-refractivity contribution in [3.63, 3.8) is 0 Å². The zero-order valence-electron chi connectivity index (χ0n) is 24.1. The lowest BCUT2D eigenvalue weighted by molar-refractivity contribution is -0.173. The summed E-state index contributed by atoms with van der Waals surface area (Å²) in [6, 6.07) is 10.4. The second-order valence-corrected chi connectivity index (χ2v) is 18.6. The molecule has 3 rings (SSSR count). The third-order valence-electron chi connectivity index (χ3n) is 7.02. The van der Waals surface area contributed by atoms with Gasteiger partial charge in [-0.05, 0) is 52.6 Å². The number of rotatable bonds is 8. The monoisotopic (exact) mass is 534 g/mol. The first-order valence-electron chi connectivity index (χ1n) is 13.3. The molecule has 8 nitrogen and oxygen atoms in total. The molecular formula is C28H46N2O6Si. The predicted octanol–water partition coefficient (Wildman–Crippen LogP) is 4.60. The minimum Gasteiger partial charge on any atom is -0.459 e. The van der Waals surface area contributed by atoms with E-state index >= 15 is 0 Å². The maximum absolute atomic E-state index is 13.8. The van der Waals surface area contributed by atoms with Crippen LogP contribution in [0.2, 0.25) is 25.7 Å². The summed E-state index contributed by atoms with van der Waals surface area (Å²) in [5, 5.41) is 3.41. The van der Waals surface area contributed by atoms with Crippen LogP contribution in [0.3, 0.4) is 0 Å². The number of methoxy groups -OCH3 is 1. The van der Waals surface area contributed by atoms with Crippen LogP contribution >= 0.6 is 0 Å². The number of carbonyl (C=O) groups excluding carboxylic acids is 2. The average molecular weight is 535 g/mol. The molecular weight excluding hydrogens is 488 g/mol. The standard InChI is InChI=1S/C28H46N2O6Si/c1-26(2,3)36-24(31)28(18-21(33-6)19-29-28)23-22(17-20-13-11-10-12-14-20)30(27(4,5)35-23)25(32)34-15-16-37(7,8)9/h10-14,21-23,29H,15-19H2,1-9H3/t21-,22+,23-,28-/m1/s1. The van der Waals surface area contributed by atoms with Gasteiger partial charge in [-0.25, -0.2) is 9.59 Å². The molecule has 1 aromatic carbocycles. The van der Waals surface area contributed by atoms with E-state index in [1.807, 2.05) is 65.0 Å². The Morgan fingerprint density at radius 2 is 1.81 bits per heavy atom. The SMILES string of the molecule is CO[C@H]1CN[C@@](C(=O)OC(C)(C)C)([C@@H]2OC(C)(C)N(C(=O)OCC[Si](C)(C)C)[C@H]2Cc2ccccc2)C1. The van der Waals surface area contributed by atoms with Gasteiger partial charge in [0.1, 0.15) is 23.0 Å². The van der Waals surface area contributed by atoms with Gasteiger partial charge >= 0.3 is 12.1 Å².